The number of carbonyl (C=O) groups excluding carboxylic acids is 3. The summed E-state index contributed by atoms with van der Waals surface area (Å²) in [4.78, 5) is 45.5. The van der Waals surface area contributed by atoms with Gasteiger partial charge in [0, 0.05) is 24.1 Å². The van der Waals surface area contributed by atoms with Crippen LogP contribution in [0.5, 0.6) is 0 Å². The van der Waals surface area contributed by atoms with Crippen LogP contribution in [-0.2, 0) is 14.3 Å². The number of nitrogens with zero attached hydrogens (tertiary/aromatic N) is 2. The Labute approximate surface area is 163 Å². The zero-order chi connectivity index (χ0) is 21.4. The van der Waals surface area contributed by atoms with E-state index in [4.69, 9.17) is 10.00 Å². The zero-order valence-corrected chi connectivity index (χ0v) is 14.9. The summed E-state index contributed by atoms with van der Waals surface area (Å²) >= 11 is 0. The van der Waals surface area contributed by atoms with Gasteiger partial charge < -0.3 is 10.1 Å². The molecule has 29 heavy (non-hydrogen) atoms. The number of nitrogens with one attached hydrogen (secondary N) is 1. The first-order chi connectivity index (χ1) is 13.8. The van der Waals surface area contributed by atoms with Gasteiger partial charge in [0.25, 0.3) is 11.6 Å². The third kappa shape index (κ3) is 6.21. The molecule has 9 nitrogen and oxygen atoms in total. The third-order valence-electron chi connectivity index (χ3n) is 3.70. The van der Waals surface area contributed by atoms with Crippen molar-refractivity contribution in [3.05, 3.63) is 69.5 Å². The number of ether oxygens (including phenoxy) is 1. The first kappa shape index (κ1) is 21.2. The molecule has 0 unspecified atom stereocenters. The van der Waals surface area contributed by atoms with Gasteiger partial charge in [0.2, 0.25) is 0 Å². The van der Waals surface area contributed by atoms with E-state index in [2.05, 4.69) is 5.32 Å². The number of rotatable bonds is 8. The fourth-order valence-corrected chi connectivity index (χ4v) is 2.25. The van der Waals surface area contributed by atoms with E-state index in [1.54, 1.807) is 6.07 Å². The summed E-state index contributed by atoms with van der Waals surface area (Å²) in [6.45, 7) is -0.661. The average Bonchev–Trinajstić information content (AvgIpc) is 2.71. The molecule has 0 aliphatic heterocycles. The number of nitro benzene ring substituents is 1. The lowest BCUT2D eigenvalue weighted by Crippen LogP contribution is -2.21. The molecular weight excluding hydrogens is 385 g/mol. The molecule has 0 heterocycles. The van der Waals surface area contributed by atoms with Crippen LogP contribution in [0, 0.1) is 27.3 Å². The molecule has 0 atom stereocenters. The van der Waals surface area contributed by atoms with Gasteiger partial charge in [-0.2, -0.15) is 5.26 Å². The van der Waals surface area contributed by atoms with Gasteiger partial charge >= 0.3 is 5.97 Å². The Morgan fingerprint density at radius 3 is 2.45 bits per heavy atom. The van der Waals surface area contributed by atoms with Crippen LogP contribution in [0.15, 0.2) is 42.5 Å². The number of nitriles is 1. The van der Waals surface area contributed by atoms with Crippen molar-refractivity contribution in [2.24, 2.45) is 0 Å². The van der Waals surface area contributed by atoms with Crippen molar-refractivity contribution in [1.82, 2.24) is 0 Å². The van der Waals surface area contributed by atoms with Crippen LogP contribution < -0.4 is 5.32 Å². The van der Waals surface area contributed by atoms with E-state index in [0.29, 0.717) is 0 Å². The molecule has 0 saturated carbocycles. The number of amides is 1. The van der Waals surface area contributed by atoms with E-state index in [9.17, 15) is 28.9 Å². The number of Topliss-reactive ketones (excluding diaryl/α,β-unsaturated/α-hetero) is 1. The molecular formula is C19H14FN3O6. The van der Waals surface area contributed by atoms with Gasteiger partial charge in [0.05, 0.1) is 22.6 Å². The highest BCUT2D eigenvalue weighted by Gasteiger charge is 2.15. The van der Waals surface area contributed by atoms with Crippen LogP contribution in [0.2, 0.25) is 0 Å². The van der Waals surface area contributed by atoms with Gasteiger partial charge in [-0.3, -0.25) is 24.5 Å². The van der Waals surface area contributed by atoms with E-state index in [1.807, 2.05) is 0 Å². The Hall–Kier alpha value is -4.13. The summed E-state index contributed by atoms with van der Waals surface area (Å²) < 4.78 is 17.6. The fraction of sp³-hybridized carbons (Fsp3) is 0.158. The molecule has 2 aromatic carbocycles. The molecule has 0 aliphatic rings. The predicted octanol–water partition coefficient (Wildman–Crippen LogP) is 2.75. The normalized spacial score (nSPS) is 9.93. The van der Waals surface area contributed by atoms with E-state index >= 15 is 0 Å². The topological polar surface area (TPSA) is 139 Å². The Morgan fingerprint density at radius 1 is 1.14 bits per heavy atom. The van der Waals surface area contributed by atoms with Crippen LogP contribution in [0.4, 0.5) is 15.8 Å². The van der Waals surface area contributed by atoms with Crippen LogP contribution in [0.3, 0.4) is 0 Å². The summed E-state index contributed by atoms with van der Waals surface area (Å²) in [5.74, 6) is -2.41. The highest BCUT2D eigenvalue weighted by atomic mass is 19.1. The number of carbonyl (C=O) groups is 3. The second-order valence-corrected chi connectivity index (χ2v) is 5.74. The minimum atomic E-state index is -0.792. The maximum absolute atomic E-state index is 12.8. The Bertz CT molecular complexity index is 998. The van der Waals surface area contributed by atoms with Gasteiger partial charge in [0.1, 0.15) is 11.9 Å². The minimum Gasteiger partial charge on any atom is -0.456 e. The standard InChI is InChI=1S/C19H14FN3O6/c20-14-3-1-12(2-4-14)17(24)7-8-19(26)29-11-18(25)22-16-6-5-15(23(27)28)9-13(16)10-21/h1-6,9H,7-8,11H2,(H,22,25). The van der Waals surface area contributed by atoms with Crippen molar-refractivity contribution >= 4 is 29.0 Å². The number of halogens is 1. The number of non-ortho nitro benzene ring substituents is 1. The van der Waals surface area contributed by atoms with E-state index in [0.717, 1.165) is 24.3 Å². The summed E-state index contributed by atoms with van der Waals surface area (Å²) in [5.41, 5.74) is -0.148. The van der Waals surface area contributed by atoms with E-state index in [1.165, 1.54) is 18.2 Å². The zero-order valence-electron chi connectivity index (χ0n) is 14.9. The van der Waals surface area contributed by atoms with Crippen LogP contribution in [-0.4, -0.2) is 29.2 Å². The van der Waals surface area contributed by atoms with Gasteiger partial charge in [0.15, 0.2) is 12.4 Å². The minimum absolute atomic E-state index is 0.0330. The maximum Gasteiger partial charge on any atom is 0.306 e. The number of hydrogen-bond acceptors (Lipinski definition) is 7. The maximum atomic E-state index is 12.8. The molecule has 2 rings (SSSR count). The molecule has 10 heteroatoms. The molecule has 2 aromatic rings. The highest BCUT2D eigenvalue weighted by molar-refractivity contribution is 5.98. The summed E-state index contributed by atoms with van der Waals surface area (Å²) in [5, 5.41) is 22.0. The average molecular weight is 399 g/mol. The van der Waals surface area contributed by atoms with Crippen molar-refractivity contribution < 1.29 is 28.4 Å². The van der Waals surface area contributed by atoms with E-state index < -0.39 is 29.2 Å². The fourth-order valence-electron chi connectivity index (χ4n) is 2.25. The third-order valence-corrected chi connectivity index (χ3v) is 3.70. The van der Waals surface area contributed by atoms with Gasteiger partial charge in [-0.15, -0.1) is 0 Å². The second kappa shape index (κ2) is 9.70. The van der Waals surface area contributed by atoms with Crippen molar-refractivity contribution in [1.29, 1.82) is 5.26 Å². The highest BCUT2D eigenvalue weighted by Crippen LogP contribution is 2.21. The molecule has 0 bridgehead atoms. The SMILES string of the molecule is N#Cc1cc([N+](=O)[O-])ccc1NC(=O)COC(=O)CCC(=O)c1ccc(F)cc1. The summed E-state index contributed by atoms with van der Waals surface area (Å²) in [6, 6.07) is 9.89. The Kier molecular flexibility index (Phi) is 7.08. The lowest BCUT2D eigenvalue weighted by Gasteiger charge is -2.08. The quantitative estimate of drug-likeness (QED) is 0.311. The monoisotopic (exact) mass is 399 g/mol. The van der Waals surface area contributed by atoms with Crippen molar-refractivity contribution in [2.45, 2.75) is 12.8 Å². The van der Waals surface area contributed by atoms with Crippen LogP contribution in [0.1, 0.15) is 28.8 Å². The van der Waals surface area contributed by atoms with E-state index in [-0.39, 0.29) is 41.1 Å². The van der Waals surface area contributed by atoms with Crippen LogP contribution in [0.25, 0.3) is 0 Å². The van der Waals surface area contributed by atoms with Crippen molar-refractivity contribution in [3.63, 3.8) is 0 Å². The van der Waals surface area contributed by atoms with Crippen LogP contribution >= 0.6 is 0 Å². The van der Waals surface area contributed by atoms with Crippen molar-refractivity contribution in [2.75, 3.05) is 11.9 Å². The van der Waals surface area contributed by atoms with Gasteiger partial charge in [-0.05, 0) is 30.3 Å². The number of benzene rings is 2. The molecule has 0 aromatic heterocycles. The number of hydrogen-bond donors (Lipinski definition) is 1. The molecule has 0 spiro atoms. The number of anilines is 1. The largest absolute Gasteiger partial charge is 0.456 e. The lowest BCUT2D eigenvalue weighted by molar-refractivity contribution is -0.384. The number of ketones is 1. The summed E-state index contributed by atoms with van der Waals surface area (Å²) in [6.07, 6.45) is -0.447. The molecule has 148 valence electrons. The van der Waals surface area contributed by atoms with Crippen molar-refractivity contribution in [3.8, 4) is 6.07 Å². The van der Waals surface area contributed by atoms with Gasteiger partial charge in [-0.25, -0.2) is 4.39 Å². The molecule has 0 fully saturated rings. The smallest absolute Gasteiger partial charge is 0.306 e. The first-order valence-corrected chi connectivity index (χ1v) is 8.23. The number of esters is 1. The molecule has 1 N–H and O–H groups in total. The molecule has 0 radical (unpaired) electrons. The first-order valence-electron chi connectivity index (χ1n) is 8.23. The number of nitro groups is 1. The van der Waals surface area contributed by atoms with Gasteiger partial charge in [-0.1, -0.05) is 0 Å². The molecule has 0 aliphatic carbocycles. The Morgan fingerprint density at radius 2 is 1.83 bits per heavy atom. The molecule has 0 saturated heterocycles. The summed E-state index contributed by atoms with van der Waals surface area (Å²) in [7, 11) is 0. The Balaban J connectivity index is 1.82. The molecule has 1 amide bonds. The second-order valence-electron chi connectivity index (χ2n) is 5.74. The lowest BCUT2D eigenvalue weighted by atomic mass is 10.1. The predicted molar refractivity (Wildman–Crippen MR) is 97.4 cm³/mol.